The maximum Gasteiger partial charge on any atom is 0.272 e. The fraction of sp³-hybridized carbons (Fsp3) is 0.174. The van der Waals surface area contributed by atoms with Gasteiger partial charge in [-0.05, 0) is 35.4 Å². The van der Waals surface area contributed by atoms with E-state index < -0.39 is 11.7 Å². The Bertz CT molecular complexity index is 1420. The standard InChI is InChI=1S/C23H18ClFN6O3/c24-16-6-13(1-3-17(16)25)9-27-23(33)21-19-20(28-11-29-21)22(31-30-19)26-8-12-2-4-18-14(5-12)7-15(32)10-34-18/h1-6,11H,7-10H2,(H,27,33)(H2,26,30,31). The van der Waals surface area contributed by atoms with Gasteiger partial charge in [0.25, 0.3) is 5.91 Å². The molecule has 2 aromatic heterocycles. The second kappa shape index (κ2) is 9.06. The minimum Gasteiger partial charge on any atom is -0.486 e. The molecule has 0 fully saturated rings. The number of anilines is 1. The molecule has 2 aromatic carbocycles. The largest absolute Gasteiger partial charge is 0.486 e. The first-order chi connectivity index (χ1) is 16.5. The van der Waals surface area contributed by atoms with Crippen LogP contribution < -0.4 is 15.4 Å². The molecule has 0 spiro atoms. The fourth-order valence-corrected chi connectivity index (χ4v) is 3.88. The Kier molecular flexibility index (Phi) is 5.81. The van der Waals surface area contributed by atoms with E-state index in [1.54, 1.807) is 0 Å². The summed E-state index contributed by atoms with van der Waals surface area (Å²) in [5.41, 5.74) is 3.41. The van der Waals surface area contributed by atoms with Crippen molar-refractivity contribution in [1.82, 2.24) is 25.5 Å². The van der Waals surface area contributed by atoms with Crippen molar-refractivity contribution >= 4 is 40.1 Å². The number of aromatic nitrogens is 4. The number of halogens is 2. The highest BCUT2D eigenvalue weighted by atomic mass is 35.5. The normalized spacial score (nSPS) is 12.8. The molecule has 1 aliphatic heterocycles. The average molecular weight is 481 g/mol. The van der Waals surface area contributed by atoms with Crippen LogP contribution in [-0.2, 0) is 24.3 Å². The topological polar surface area (TPSA) is 122 Å². The number of ether oxygens (including phenoxy) is 1. The van der Waals surface area contributed by atoms with Gasteiger partial charge in [-0.2, -0.15) is 5.10 Å². The molecule has 0 saturated heterocycles. The van der Waals surface area contributed by atoms with Crippen molar-refractivity contribution in [2.24, 2.45) is 0 Å². The predicted molar refractivity (Wildman–Crippen MR) is 122 cm³/mol. The zero-order valence-electron chi connectivity index (χ0n) is 17.7. The Morgan fingerprint density at radius 1 is 1.15 bits per heavy atom. The van der Waals surface area contributed by atoms with E-state index in [0.29, 0.717) is 35.4 Å². The number of carbonyl (C=O) groups excluding carboxylic acids is 2. The first-order valence-electron chi connectivity index (χ1n) is 10.4. The monoisotopic (exact) mass is 480 g/mol. The summed E-state index contributed by atoms with van der Waals surface area (Å²) in [4.78, 5) is 32.7. The molecule has 9 nitrogen and oxygen atoms in total. The van der Waals surface area contributed by atoms with Crippen molar-refractivity contribution in [1.29, 1.82) is 0 Å². The van der Waals surface area contributed by atoms with Crippen LogP contribution in [0.2, 0.25) is 5.02 Å². The molecule has 5 rings (SSSR count). The van der Waals surface area contributed by atoms with Gasteiger partial charge in [0, 0.05) is 25.1 Å². The molecule has 3 heterocycles. The smallest absolute Gasteiger partial charge is 0.272 e. The highest BCUT2D eigenvalue weighted by Gasteiger charge is 2.19. The lowest BCUT2D eigenvalue weighted by Crippen LogP contribution is -2.24. The Morgan fingerprint density at radius 2 is 1.97 bits per heavy atom. The van der Waals surface area contributed by atoms with Crippen LogP contribution in [-0.4, -0.2) is 38.5 Å². The van der Waals surface area contributed by atoms with Crippen LogP contribution in [0.25, 0.3) is 11.0 Å². The Labute approximate surface area is 197 Å². The van der Waals surface area contributed by atoms with E-state index in [9.17, 15) is 14.0 Å². The minimum absolute atomic E-state index is 0.0153. The summed E-state index contributed by atoms with van der Waals surface area (Å²) < 4.78 is 18.8. The highest BCUT2D eigenvalue weighted by molar-refractivity contribution is 6.30. The maximum atomic E-state index is 13.3. The number of amides is 1. The zero-order chi connectivity index (χ0) is 23.7. The third kappa shape index (κ3) is 4.40. The maximum absolute atomic E-state index is 13.3. The Morgan fingerprint density at radius 3 is 2.82 bits per heavy atom. The van der Waals surface area contributed by atoms with E-state index in [0.717, 1.165) is 16.9 Å². The Hall–Kier alpha value is -4.05. The SMILES string of the molecule is O=C1COc2ccc(CNc3n[nH]c4c(C(=O)NCc5ccc(F)c(Cl)c5)ncnc34)cc2C1. The second-order valence-electron chi connectivity index (χ2n) is 7.75. The predicted octanol–water partition coefficient (Wildman–Crippen LogP) is 3.19. The number of nitrogens with zero attached hydrogens (tertiary/aromatic N) is 3. The lowest BCUT2D eigenvalue weighted by molar-refractivity contribution is -0.121. The van der Waals surface area contributed by atoms with Gasteiger partial charge in [-0.1, -0.05) is 23.7 Å². The molecule has 3 N–H and O–H groups in total. The summed E-state index contributed by atoms with van der Waals surface area (Å²) in [7, 11) is 0. The van der Waals surface area contributed by atoms with Crippen molar-refractivity contribution in [2.75, 3.05) is 11.9 Å². The van der Waals surface area contributed by atoms with Crippen LogP contribution >= 0.6 is 11.6 Å². The van der Waals surface area contributed by atoms with E-state index in [4.69, 9.17) is 16.3 Å². The third-order valence-corrected chi connectivity index (χ3v) is 5.65. The van der Waals surface area contributed by atoms with E-state index in [1.165, 1.54) is 24.5 Å². The van der Waals surface area contributed by atoms with Gasteiger partial charge in [0.05, 0.1) is 5.02 Å². The highest BCUT2D eigenvalue weighted by Crippen LogP contribution is 2.26. The number of Topliss-reactive ketones (excluding diaryl/α,β-unsaturated/α-hetero) is 1. The second-order valence-corrected chi connectivity index (χ2v) is 8.16. The third-order valence-electron chi connectivity index (χ3n) is 5.36. The number of nitrogens with one attached hydrogen (secondary N) is 3. The molecule has 0 atom stereocenters. The van der Waals surface area contributed by atoms with Crippen LogP contribution in [0.15, 0.2) is 42.7 Å². The van der Waals surface area contributed by atoms with Crippen LogP contribution in [0.3, 0.4) is 0 Å². The molecule has 0 unspecified atom stereocenters. The number of aromatic amines is 1. The zero-order valence-corrected chi connectivity index (χ0v) is 18.4. The van der Waals surface area contributed by atoms with Gasteiger partial charge in [-0.3, -0.25) is 14.7 Å². The molecule has 1 aliphatic rings. The number of hydrogen-bond donors (Lipinski definition) is 3. The summed E-state index contributed by atoms with van der Waals surface area (Å²) in [5.74, 6) is 0.258. The molecule has 34 heavy (non-hydrogen) atoms. The van der Waals surface area contributed by atoms with Gasteiger partial charge >= 0.3 is 0 Å². The first-order valence-corrected chi connectivity index (χ1v) is 10.8. The summed E-state index contributed by atoms with van der Waals surface area (Å²) in [5, 5.41) is 13.0. The summed E-state index contributed by atoms with van der Waals surface area (Å²) in [6.45, 7) is 0.684. The molecular weight excluding hydrogens is 463 g/mol. The lowest BCUT2D eigenvalue weighted by atomic mass is 10.0. The van der Waals surface area contributed by atoms with Gasteiger partial charge < -0.3 is 15.4 Å². The van der Waals surface area contributed by atoms with E-state index >= 15 is 0 Å². The lowest BCUT2D eigenvalue weighted by Gasteiger charge is -2.17. The van der Waals surface area contributed by atoms with Crippen molar-refractivity contribution in [3.63, 3.8) is 0 Å². The van der Waals surface area contributed by atoms with Gasteiger partial charge in [-0.25, -0.2) is 14.4 Å². The van der Waals surface area contributed by atoms with Crippen molar-refractivity contribution in [2.45, 2.75) is 19.5 Å². The number of hydrogen-bond acceptors (Lipinski definition) is 7. The van der Waals surface area contributed by atoms with Gasteiger partial charge in [0.2, 0.25) is 0 Å². The number of fused-ring (bicyclic) bond motifs is 2. The molecule has 172 valence electrons. The quantitative estimate of drug-likeness (QED) is 0.387. The van der Waals surface area contributed by atoms with Crippen molar-refractivity contribution < 1.29 is 18.7 Å². The molecule has 0 radical (unpaired) electrons. The molecule has 0 aliphatic carbocycles. The molecular formula is C23H18ClFN6O3. The molecule has 1 amide bonds. The van der Waals surface area contributed by atoms with Crippen molar-refractivity contribution in [3.05, 3.63) is 75.9 Å². The Balaban J connectivity index is 1.29. The number of H-pyrrole nitrogens is 1. The molecule has 11 heteroatoms. The van der Waals surface area contributed by atoms with Crippen LogP contribution in [0.1, 0.15) is 27.2 Å². The number of rotatable bonds is 6. The minimum atomic E-state index is -0.524. The fourth-order valence-electron chi connectivity index (χ4n) is 3.68. The number of benzene rings is 2. The molecule has 4 aromatic rings. The number of carbonyl (C=O) groups is 2. The molecule has 0 bridgehead atoms. The average Bonchev–Trinajstić information content (AvgIpc) is 3.26. The van der Waals surface area contributed by atoms with Crippen LogP contribution in [0.5, 0.6) is 5.75 Å². The van der Waals surface area contributed by atoms with Gasteiger partial charge in [0.1, 0.15) is 35.5 Å². The van der Waals surface area contributed by atoms with Gasteiger partial charge in [-0.15, -0.1) is 0 Å². The molecule has 0 saturated carbocycles. The first kappa shape index (κ1) is 21.8. The van der Waals surface area contributed by atoms with E-state index in [2.05, 4.69) is 30.8 Å². The van der Waals surface area contributed by atoms with E-state index in [1.807, 2.05) is 18.2 Å². The van der Waals surface area contributed by atoms with Gasteiger partial charge in [0.15, 0.2) is 17.3 Å². The van der Waals surface area contributed by atoms with Crippen molar-refractivity contribution in [3.8, 4) is 5.75 Å². The van der Waals surface area contributed by atoms with E-state index in [-0.39, 0.29) is 29.7 Å². The summed E-state index contributed by atoms with van der Waals surface area (Å²) in [6, 6.07) is 9.91. The number of ketones is 1. The summed E-state index contributed by atoms with van der Waals surface area (Å²) >= 11 is 5.79. The van der Waals surface area contributed by atoms with Crippen LogP contribution in [0.4, 0.5) is 10.2 Å². The summed E-state index contributed by atoms with van der Waals surface area (Å²) in [6.07, 6.45) is 1.64. The van der Waals surface area contributed by atoms with Crippen LogP contribution in [0, 0.1) is 5.82 Å².